The summed E-state index contributed by atoms with van der Waals surface area (Å²) in [6.07, 6.45) is 0. The molecule has 0 bridgehead atoms. The quantitative estimate of drug-likeness (QED) is 0.124. The van der Waals surface area contributed by atoms with Crippen LogP contribution in [0.5, 0.6) is 0 Å². The molecule has 0 radical (unpaired) electrons. The summed E-state index contributed by atoms with van der Waals surface area (Å²) in [5, 5.41) is 4.95. The number of hydrogen-bond acceptors (Lipinski definition) is 1. The van der Waals surface area contributed by atoms with E-state index >= 15 is 0 Å². The van der Waals surface area contributed by atoms with E-state index in [4.69, 9.17) is 0 Å². The van der Waals surface area contributed by atoms with Gasteiger partial charge in [-0.05, 0) is 125 Å². The van der Waals surface area contributed by atoms with E-state index in [0.717, 1.165) is 44.9 Å². The van der Waals surface area contributed by atoms with Crippen LogP contribution in [-0.2, 0) is 0 Å². The third kappa shape index (κ3) is 7.86. The number of para-hydroxylation sites is 2. The van der Waals surface area contributed by atoms with Crippen molar-refractivity contribution in [2.75, 3.05) is 4.90 Å². The van der Waals surface area contributed by atoms with Crippen molar-refractivity contribution in [1.29, 1.82) is 0 Å². The second kappa shape index (κ2) is 18.3. The van der Waals surface area contributed by atoms with Crippen molar-refractivity contribution in [3.05, 3.63) is 285 Å². The predicted octanol–water partition coefficient (Wildman–Crippen LogP) is 19.1. The topological polar surface area (TPSA) is 3.24 Å². The van der Waals surface area contributed by atoms with Crippen molar-refractivity contribution < 1.29 is 0 Å². The van der Waals surface area contributed by atoms with Gasteiger partial charge in [0, 0.05) is 16.8 Å². The van der Waals surface area contributed by atoms with Gasteiger partial charge < -0.3 is 4.90 Å². The molecule has 12 aromatic rings. The van der Waals surface area contributed by atoms with E-state index in [0.29, 0.717) is 0 Å². The molecule has 1 nitrogen and oxygen atoms in total. The minimum absolute atomic E-state index is 1.07. The lowest BCUT2D eigenvalue weighted by Crippen LogP contribution is -2.12. The Morgan fingerprint density at radius 3 is 1.14 bits per heavy atom. The third-order valence-corrected chi connectivity index (χ3v) is 13.5. The molecule has 0 aromatic heterocycles. The van der Waals surface area contributed by atoms with Crippen LogP contribution < -0.4 is 4.90 Å². The number of benzene rings is 12. The fourth-order valence-electron chi connectivity index (χ4n) is 10.3. The molecular formula is C68H47N. The molecule has 0 aliphatic heterocycles. The van der Waals surface area contributed by atoms with Crippen molar-refractivity contribution in [3.63, 3.8) is 0 Å². The van der Waals surface area contributed by atoms with Crippen molar-refractivity contribution in [2.24, 2.45) is 0 Å². The fraction of sp³-hybridized carbons (Fsp3) is 0. The summed E-state index contributed by atoms with van der Waals surface area (Å²) in [4.78, 5) is 2.45. The Balaban J connectivity index is 1.05. The van der Waals surface area contributed by atoms with Crippen molar-refractivity contribution >= 4 is 38.6 Å². The molecule has 69 heavy (non-hydrogen) atoms. The summed E-state index contributed by atoms with van der Waals surface area (Å²) in [5.41, 5.74) is 19.9. The van der Waals surface area contributed by atoms with Gasteiger partial charge in [0.2, 0.25) is 0 Å². The molecule has 324 valence electrons. The zero-order valence-electron chi connectivity index (χ0n) is 38.1. The Kier molecular flexibility index (Phi) is 11.0. The molecule has 1 heteroatoms. The monoisotopic (exact) mass is 877 g/mol. The Bertz CT molecular complexity index is 3730. The molecule has 0 saturated heterocycles. The Morgan fingerprint density at radius 2 is 0.580 bits per heavy atom. The third-order valence-electron chi connectivity index (χ3n) is 13.5. The molecular weight excluding hydrogens is 831 g/mol. The molecule has 12 aromatic carbocycles. The SMILES string of the molecule is c1ccc(-c2ccc(-c3ccc(N(c4ccccc4-c4ccccc4)c4ccccc4-c4ccc5c(c4)c(-c4ccccc4)c(-c4ccccc4)c4ccccc45)cc3)cc2-c2ccccc2)cc1. The largest absolute Gasteiger partial charge is 0.309 e. The number of nitrogens with zero attached hydrogens (tertiary/aromatic N) is 1. The van der Waals surface area contributed by atoms with Gasteiger partial charge in [-0.1, -0.05) is 249 Å². The Morgan fingerprint density at radius 1 is 0.188 bits per heavy atom. The number of hydrogen-bond donors (Lipinski definition) is 0. The van der Waals surface area contributed by atoms with Gasteiger partial charge in [-0.2, -0.15) is 0 Å². The van der Waals surface area contributed by atoms with Crippen LogP contribution in [-0.4, -0.2) is 0 Å². The summed E-state index contributed by atoms with van der Waals surface area (Å²) in [5.74, 6) is 0. The van der Waals surface area contributed by atoms with E-state index in [9.17, 15) is 0 Å². The summed E-state index contributed by atoms with van der Waals surface area (Å²) >= 11 is 0. The minimum atomic E-state index is 1.07. The van der Waals surface area contributed by atoms with Gasteiger partial charge in [-0.15, -0.1) is 0 Å². The number of fused-ring (bicyclic) bond motifs is 3. The summed E-state index contributed by atoms with van der Waals surface area (Å²) in [6, 6.07) is 104. The molecule has 0 unspecified atom stereocenters. The molecule has 0 amide bonds. The standard InChI is InChI=1S/C68H47N/c1-6-22-49(23-7-1)57-44-40-54(46-63(57)51-26-10-3-11-27-51)48-38-42-56(43-39-48)69(65-36-20-18-32-58(65)50-24-8-2-9-25-50)66-37-21-19-33-59(66)55-41-45-61-60-34-16-17-35-62(60)67(52-28-12-4-13-29-52)68(64(61)47-55)53-30-14-5-15-31-53/h1-47H. The van der Waals surface area contributed by atoms with Crippen LogP contribution in [0.1, 0.15) is 0 Å². The second-order valence-electron chi connectivity index (χ2n) is 17.6. The van der Waals surface area contributed by atoms with E-state index in [2.05, 4.69) is 290 Å². The summed E-state index contributed by atoms with van der Waals surface area (Å²) < 4.78 is 0. The predicted molar refractivity (Wildman–Crippen MR) is 294 cm³/mol. The minimum Gasteiger partial charge on any atom is -0.309 e. The number of rotatable bonds is 10. The molecule has 0 saturated carbocycles. The lowest BCUT2D eigenvalue weighted by Gasteiger charge is -2.30. The van der Waals surface area contributed by atoms with Crippen molar-refractivity contribution in [1.82, 2.24) is 0 Å². The van der Waals surface area contributed by atoms with Crippen LogP contribution in [0.3, 0.4) is 0 Å². The van der Waals surface area contributed by atoms with Gasteiger partial charge in [-0.3, -0.25) is 0 Å². The van der Waals surface area contributed by atoms with Gasteiger partial charge >= 0.3 is 0 Å². The molecule has 0 aliphatic rings. The smallest absolute Gasteiger partial charge is 0.0540 e. The van der Waals surface area contributed by atoms with E-state index in [1.807, 2.05) is 0 Å². The highest BCUT2D eigenvalue weighted by Gasteiger charge is 2.23. The van der Waals surface area contributed by atoms with E-state index in [1.165, 1.54) is 71.6 Å². The highest BCUT2D eigenvalue weighted by Crippen LogP contribution is 2.49. The van der Waals surface area contributed by atoms with Crippen molar-refractivity contribution in [3.8, 4) is 77.9 Å². The van der Waals surface area contributed by atoms with Crippen LogP contribution in [0.4, 0.5) is 17.1 Å². The van der Waals surface area contributed by atoms with E-state index < -0.39 is 0 Å². The van der Waals surface area contributed by atoms with Gasteiger partial charge in [0.15, 0.2) is 0 Å². The van der Waals surface area contributed by atoms with Gasteiger partial charge in [0.1, 0.15) is 0 Å². The average Bonchev–Trinajstić information content (AvgIpc) is 3.44. The maximum atomic E-state index is 2.45. The van der Waals surface area contributed by atoms with Gasteiger partial charge in [0.25, 0.3) is 0 Å². The van der Waals surface area contributed by atoms with Gasteiger partial charge in [-0.25, -0.2) is 0 Å². The Hall–Kier alpha value is -9.04. The highest BCUT2D eigenvalue weighted by molar-refractivity contribution is 6.22. The second-order valence-corrected chi connectivity index (χ2v) is 17.6. The molecule has 0 fully saturated rings. The average molecular weight is 878 g/mol. The van der Waals surface area contributed by atoms with Crippen LogP contribution >= 0.6 is 0 Å². The molecule has 12 rings (SSSR count). The van der Waals surface area contributed by atoms with E-state index in [1.54, 1.807) is 0 Å². The molecule has 0 heterocycles. The Labute approximate surface area is 404 Å². The van der Waals surface area contributed by atoms with Crippen LogP contribution in [0.25, 0.3) is 99.4 Å². The van der Waals surface area contributed by atoms with Crippen LogP contribution in [0, 0.1) is 0 Å². The first-order valence-corrected chi connectivity index (χ1v) is 23.8. The molecule has 0 aliphatic carbocycles. The highest BCUT2D eigenvalue weighted by atomic mass is 15.1. The molecule has 0 N–H and O–H groups in total. The maximum Gasteiger partial charge on any atom is 0.0540 e. The van der Waals surface area contributed by atoms with Crippen LogP contribution in [0.2, 0.25) is 0 Å². The molecule has 0 atom stereocenters. The van der Waals surface area contributed by atoms with Gasteiger partial charge in [0.05, 0.1) is 11.4 Å². The first-order valence-electron chi connectivity index (χ1n) is 23.8. The zero-order chi connectivity index (χ0) is 45.9. The fourth-order valence-corrected chi connectivity index (χ4v) is 10.3. The lowest BCUT2D eigenvalue weighted by atomic mass is 9.84. The maximum absolute atomic E-state index is 2.45. The zero-order valence-corrected chi connectivity index (χ0v) is 38.1. The first kappa shape index (κ1) is 41.4. The number of anilines is 3. The van der Waals surface area contributed by atoms with E-state index in [-0.39, 0.29) is 0 Å². The summed E-state index contributed by atoms with van der Waals surface area (Å²) in [7, 11) is 0. The van der Waals surface area contributed by atoms with Crippen LogP contribution in [0.15, 0.2) is 285 Å². The van der Waals surface area contributed by atoms with Crippen molar-refractivity contribution in [2.45, 2.75) is 0 Å². The normalized spacial score (nSPS) is 11.2. The molecule has 0 spiro atoms. The first-order chi connectivity index (χ1) is 34.3. The lowest BCUT2D eigenvalue weighted by molar-refractivity contribution is 1.28. The summed E-state index contributed by atoms with van der Waals surface area (Å²) in [6.45, 7) is 0.